The van der Waals surface area contributed by atoms with E-state index >= 15 is 0 Å². The maximum absolute atomic E-state index is 12.7. The van der Waals surface area contributed by atoms with Crippen molar-refractivity contribution in [3.05, 3.63) is 65.2 Å². The molecule has 2 aliphatic rings. The highest BCUT2D eigenvalue weighted by atomic mass is 32.3. The van der Waals surface area contributed by atoms with Crippen LogP contribution in [-0.2, 0) is 14.6 Å². The Balaban J connectivity index is 1.59. The molecule has 0 unspecified atom stereocenters. The van der Waals surface area contributed by atoms with E-state index in [1.54, 1.807) is 56.3 Å². The minimum Gasteiger partial charge on any atom is -0.493 e. The van der Waals surface area contributed by atoms with Crippen LogP contribution in [0.15, 0.2) is 64.2 Å². The van der Waals surface area contributed by atoms with Crippen molar-refractivity contribution >= 4 is 54.9 Å². The maximum Gasteiger partial charge on any atom is 0.343 e. The quantitative estimate of drug-likeness (QED) is 0.342. The number of hydrogen-bond donors (Lipinski definition) is 1. The van der Waals surface area contributed by atoms with E-state index < -0.39 is 21.7 Å². The molecule has 2 heterocycles. The predicted octanol–water partition coefficient (Wildman–Crippen LogP) is 3.56. The summed E-state index contributed by atoms with van der Waals surface area (Å²) in [5.74, 6) is -1.35. The number of nitrogens with zero attached hydrogens (tertiary/aromatic N) is 3. The summed E-state index contributed by atoms with van der Waals surface area (Å²) in [6, 6.07) is 13.1. The third kappa shape index (κ3) is 5.24. The third-order valence-corrected chi connectivity index (χ3v) is 8.40. The number of esters is 1. The van der Waals surface area contributed by atoms with E-state index in [9.17, 15) is 18.0 Å². The van der Waals surface area contributed by atoms with Crippen molar-refractivity contribution in [3.8, 4) is 11.5 Å². The molecule has 4 rings (SSSR count). The zero-order chi connectivity index (χ0) is 26.0. The summed E-state index contributed by atoms with van der Waals surface area (Å²) in [6.45, 7) is 3.55. The molecule has 10 nitrogen and oxygen atoms in total. The Labute approximate surface area is 212 Å². The number of benzene rings is 2. The lowest BCUT2D eigenvalue weighted by atomic mass is 10.1. The Bertz CT molecular complexity index is 1450. The van der Waals surface area contributed by atoms with Crippen LogP contribution in [0.25, 0.3) is 6.08 Å². The second kappa shape index (κ2) is 10.1. The molecule has 2 aromatic rings. The van der Waals surface area contributed by atoms with Gasteiger partial charge in [-0.3, -0.25) is 10.2 Å². The standard InChI is InChI=1S/C24H22N4O6S2/c1-14(2)13-36(31,32)24-27-28-20(25)17(21(29)26-23(28)35-24)11-15-9-10-18(19(12-15)33-3)34-22(30)16-7-5-4-6-8-16/h4-12,14,25H,13H2,1-3H3/b17-11-,25-20?. The number of carbonyl (C=O) groups excluding carboxylic acids is 2. The molecule has 2 aromatic carbocycles. The van der Waals surface area contributed by atoms with E-state index in [1.165, 1.54) is 19.3 Å². The number of hydrazone groups is 1. The van der Waals surface area contributed by atoms with Gasteiger partial charge in [0, 0.05) is 0 Å². The fourth-order valence-corrected chi connectivity index (χ4v) is 6.16. The van der Waals surface area contributed by atoms with Crippen LogP contribution in [0.2, 0.25) is 0 Å². The molecule has 186 valence electrons. The van der Waals surface area contributed by atoms with Gasteiger partial charge in [-0.2, -0.15) is 10.0 Å². The predicted molar refractivity (Wildman–Crippen MR) is 138 cm³/mol. The van der Waals surface area contributed by atoms with Crippen LogP contribution in [0.3, 0.4) is 0 Å². The fourth-order valence-electron chi connectivity index (χ4n) is 3.37. The van der Waals surface area contributed by atoms with Gasteiger partial charge in [0.1, 0.15) is 0 Å². The highest BCUT2D eigenvalue weighted by molar-refractivity contribution is 8.42. The van der Waals surface area contributed by atoms with Gasteiger partial charge in [0.15, 0.2) is 17.3 Å². The number of thioether (sulfide) groups is 1. The lowest BCUT2D eigenvalue weighted by molar-refractivity contribution is -0.114. The van der Waals surface area contributed by atoms with E-state index in [-0.39, 0.29) is 44.1 Å². The highest BCUT2D eigenvalue weighted by Crippen LogP contribution is 2.33. The van der Waals surface area contributed by atoms with Crippen molar-refractivity contribution in [3.63, 3.8) is 0 Å². The monoisotopic (exact) mass is 526 g/mol. The smallest absolute Gasteiger partial charge is 0.343 e. The van der Waals surface area contributed by atoms with Crippen LogP contribution in [0, 0.1) is 11.3 Å². The molecule has 1 amide bonds. The normalized spacial score (nSPS) is 16.7. The molecule has 1 N–H and O–H groups in total. The van der Waals surface area contributed by atoms with E-state index in [0.29, 0.717) is 11.1 Å². The van der Waals surface area contributed by atoms with Crippen LogP contribution in [0.5, 0.6) is 11.5 Å². The number of fused-ring (bicyclic) bond motifs is 1. The average Bonchev–Trinajstić information content (AvgIpc) is 3.27. The fraction of sp³-hybridized carbons (Fsp3) is 0.208. The molecule has 2 aliphatic heterocycles. The van der Waals surface area contributed by atoms with Crippen molar-refractivity contribution in [1.29, 1.82) is 5.41 Å². The first kappa shape index (κ1) is 25.3. The first-order valence-corrected chi connectivity index (χ1v) is 13.2. The molecule has 0 aromatic heterocycles. The molecule has 0 saturated heterocycles. The summed E-state index contributed by atoms with van der Waals surface area (Å²) in [6.07, 6.45) is 1.41. The summed E-state index contributed by atoms with van der Waals surface area (Å²) >= 11 is 0.752. The second-order valence-corrected chi connectivity index (χ2v) is 11.4. The number of ether oxygens (including phenoxy) is 2. The van der Waals surface area contributed by atoms with E-state index in [0.717, 1.165) is 16.8 Å². The Hall–Kier alpha value is -3.77. The summed E-state index contributed by atoms with van der Waals surface area (Å²) in [4.78, 5) is 29.0. The largest absolute Gasteiger partial charge is 0.493 e. The van der Waals surface area contributed by atoms with Gasteiger partial charge in [0.2, 0.25) is 19.4 Å². The summed E-state index contributed by atoms with van der Waals surface area (Å²) in [5.41, 5.74) is 0.766. The number of amides is 1. The molecule has 36 heavy (non-hydrogen) atoms. The number of rotatable bonds is 6. The molecule has 0 atom stereocenters. The van der Waals surface area contributed by atoms with E-state index in [1.807, 2.05) is 0 Å². The van der Waals surface area contributed by atoms with Gasteiger partial charge in [-0.15, -0.1) is 5.10 Å². The number of sulfone groups is 1. The molecule has 12 heteroatoms. The number of carbonyl (C=O) groups is 2. The first-order chi connectivity index (χ1) is 17.1. The third-order valence-electron chi connectivity index (χ3n) is 4.97. The highest BCUT2D eigenvalue weighted by Gasteiger charge is 2.39. The van der Waals surface area contributed by atoms with Crippen molar-refractivity contribution in [2.75, 3.05) is 12.9 Å². The number of aliphatic imine (C=N–C) groups is 1. The molecular weight excluding hydrogens is 504 g/mol. The van der Waals surface area contributed by atoms with Crippen molar-refractivity contribution in [1.82, 2.24) is 5.01 Å². The van der Waals surface area contributed by atoms with Crippen molar-refractivity contribution in [2.45, 2.75) is 13.8 Å². The molecular formula is C24H22N4O6S2. The molecule has 0 saturated carbocycles. The summed E-state index contributed by atoms with van der Waals surface area (Å²) in [5, 5.41) is 13.6. The number of methoxy groups -OCH3 is 1. The molecule has 0 radical (unpaired) electrons. The van der Waals surface area contributed by atoms with Gasteiger partial charge in [-0.05, 0) is 53.6 Å². The van der Waals surface area contributed by atoms with Crippen molar-refractivity contribution < 1.29 is 27.5 Å². The Morgan fingerprint density at radius 3 is 2.56 bits per heavy atom. The van der Waals surface area contributed by atoms with Crippen LogP contribution in [0.4, 0.5) is 0 Å². The Kier molecular flexibility index (Phi) is 7.09. The van der Waals surface area contributed by atoms with Crippen LogP contribution in [-0.4, -0.2) is 53.5 Å². The van der Waals surface area contributed by atoms with Gasteiger partial charge in [-0.25, -0.2) is 13.2 Å². The number of nitrogens with one attached hydrogen (secondary N) is 1. The van der Waals surface area contributed by atoms with Gasteiger partial charge < -0.3 is 9.47 Å². The van der Waals surface area contributed by atoms with Gasteiger partial charge in [0.25, 0.3) is 5.91 Å². The minimum atomic E-state index is -3.67. The summed E-state index contributed by atoms with van der Waals surface area (Å²) in [7, 11) is -2.27. The van der Waals surface area contributed by atoms with Crippen LogP contribution < -0.4 is 9.47 Å². The molecule has 0 fully saturated rings. The van der Waals surface area contributed by atoms with Crippen LogP contribution in [0.1, 0.15) is 29.8 Å². The summed E-state index contributed by atoms with van der Waals surface area (Å²) < 4.78 is 35.7. The zero-order valence-corrected chi connectivity index (χ0v) is 21.2. The van der Waals surface area contributed by atoms with Gasteiger partial charge in [-0.1, -0.05) is 38.1 Å². The van der Waals surface area contributed by atoms with E-state index in [2.05, 4.69) is 10.1 Å². The van der Waals surface area contributed by atoms with Gasteiger partial charge >= 0.3 is 5.97 Å². The van der Waals surface area contributed by atoms with Crippen molar-refractivity contribution in [2.24, 2.45) is 16.0 Å². The number of hydrogen-bond acceptors (Lipinski definition) is 9. The molecule has 0 bridgehead atoms. The van der Waals surface area contributed by atoms with Crippen LogP contribution >= 0.6 is 11.8 Å². The lowest BCUT2D eigenvalue weighted by Gasteiger charge is -2.20. The maximum atomic E-state index is 12.7. The molecule has 0 spiro atoms. The SMILES string of the molecule is COc1cc(/C=C2/C(=N)N3N=C(S(=O)(=O)CC(C)C)SC3=NC2=O)ccc1OC(=O)c1ccccc1. The zero-order valence-electron chi connectivity index (χ0n) is 19.6. The van der Waals surface area contributed by atoms with E-state index in [4.69, 9.17) is 14.9 Å². The number of amidine groups is 2. The Morgan fingerprint density at radius 2 is 1.89 bits per heavy atom. The minimum absolute atomic E-state index is 0.0187. The average molecular weight is 527 g/mol. The van der Waals surface area contributed by atoms with Gasteiger partial charge in [0.05, 0.1) is 24.0 Å². The first-order valence-electron chi connectivity index (χ1n) is 10.8. The molecule has 0 aliphatic carbocycles. The second-order valence-electron chi connectivity index (χ2n) is 8.23. The topological polar surface area (TPSA) is 139 Å². The Morgan fingerprint density at radius 1 is 1.17 bits per heavy atom. The lowest BCUT2D eigenvalue weighted by Crippen LogP contribution is -2.35.